The Balaban J connectivity index is 0.000000263. The standard InChI is InChI=1S/2C33H35N7O.2Cu.H2O/c2*34-19-26-17-27(20-39(22-29-9-1-5-13-35-29)23-30-10-2-6-14-36-30)33(41)28(18-26)21-40(24-31-11-3-7-15-37-31)25-32-12-4-8-16-38-32;;;/h2*1-18,41H,19-25,34H2;;;1H2/q;;2*+1;. The van der Waals surface area contributed by atoms with E-state index in [9.17, 15) is 10.2 Å². The maximum absolute atomic E-state index is 11.6. The minimum absolute atomic E-state index is 0. The van der Waals surface area contributed by atoms with Gasteiger partial charge in [0.1, 0.15) is 11.5 Å². The van der Waals surface area contributed by atoms with Crippen molar-refractivity contribution in [3.05, 3.63) is 298 Å². The quantitative estimate of drug-likeness (QED) is 0.0370. The topological polar surface area (TPSA) is 240 Å². The second kappa shape index (κ2) is 35.3. The summed E-state index contributed by atoms with van der Waals surface area (Å²) >= 11 is 0. The molecule has 0 unspecified atom stereocenters. The molecule has 0 spiro atoms. The first-order valence-electron chi connectivity index (χ1n) is 27.5. The van der Waals surface area contributed by atoms with Gasteiger partial charge < -0.3 is 27.2 Å². The summed E-state index contributed by atoms with van der Waals surface area (Å²) in [4.78, 5) is 45.2. The molecule has 0 radical (unpaired) electrons. The van der Waals surface area contributed by atoms with Crippen LogP contribution in [0.3, 0.4) is 0 Å². The second-order valence-corrected chi connectivity index (χ2v) is 20.1. The first kappa shape index (κ1) is 66.1. The number of nitrogens with two attached hydrogens (primary N) is 2. The van der Waals surface area contributed by atoms with E-state index >= 15 is 0 Å². The number of nitrogens with zero attached hydrogens (tertiary/aromatic N) is 12. The molecule has 0 fully saturated rings. The van der Waals surface area contributed by atoms with Gasteiger partial charge in [0.05, 0.1) is 45.6 Å². The average Bonchev–Trinajstić information content (AvgIpc) is 3.64. The molecule has 10 rings (SSSR count). The van der Waals surface area contributed by atoms with E-state index in [1.54, 1.807) is 49.6 Å². The van der Waals surface area contributed by atoms with Gasteiger partial charge in [0.25, 0.3) is 0 Å². The molecule has 2 aromatic carbocycles. The van der Waals surface area contributed by atoms with Gasteiger partial charge in [0.2, 0.25) is 0 Å². The predicted octanol–water partition coefficient (Wildman–Crippen LogP) is 8.84. The third-order valence-corrected chi connectivity index (χ3v) is 13.6. The van der Waals surface area contributed by atoms with E-state index in [2.05, 4.69) is 59.5 Å². The molecular formula is C66H72Cu2N14O3+2. The first-order chi connectivity index (χ1) is 40.3. The van der Waals surface area contributed by atoms with Crippen LogP contribution in [0, 0.1) is 0 Å². The van der Waals surface area contributed by atoms with Gasteiger partial charge in [-0.1, -0.05) is 48.5 Å². The number of pyridine rings is 8. The monoisotopic (exact) mass is 1230 g/mol. The van der Waals surface area contributed by atoms with Crippen LogP contribution in [0.15, 0.2) is 219 Å². The van der Waals surface area contributed by atoms with Crippen molar-refractivity contribution in [1.29, 1.82) is 0 Å². The van der Waals surface area contributed by atoms with Gasteiger partial charge in [-0.25, -0.2) is 0 Å². The smallest absolute Gasteiger partial charge is 0.507 e. The molecule has 17 nitrogen and oxygen atoms in total. The van der Waals surface area contributed by atoms with Gasteiger partial charge in [-0.15, -0.1) is 0 Å². The largest absolute Gasteiger partial charge is 1.00 e. The minimum Gasteiger partial charge on any atom is -0.507 e. The number of rotatable bonds is 26. The Bertz CT molecular complexity index is 2840. The van der Waals surface area contributed by atoms with Crippen LogP contribution in [0.25, 0.3) is 0 Å². The number of hydrogen-bond donors (Lipinski definition) is 4. The van der Waals surface area contributed by atoms with Crippen molar-refractivity contribution in [2.75, 3.05) is 0 Å². The molecule has 444 valence electrons. The van der Waals surface area contributed by atoms with Gasteiger partial charge in [-0.2, -0.15) is 0 Å². The zero-order chi connectivity index (χ0) is 56.6. The SMILES string of the molecule is NCc1cc(CN(Cc2ccccn2)Cc2ccccn2)c(O)c(CN(Cc2ccccn2)Cc2ccccn2)c1.NCc1cc(CN(Cc2ccccn2)Cc2ccccn2)c(O)c(CN(Cc2ccccn2)Cc2ccccn2)c1.O.[Cu+].[Cu+]. The maximum Gasteiger partial charge on any atom is 1.00 e. The molecule has 19 heteroatoms. The Morgan fingerprint density at radius 1 is 0.271 bits per heavy atom. The summed E-state index contributed by atoms with van der Waals surface area (Å²) in [6.07, 6.45) is 14.4. The fourth-order valence-corrected chi connectivity index (χ4v) is 9.78. The van der Waals surface area contributed by atoms with Crippen molar-refractivity contribution in [3.63, 3.8) is 0 Å². The van der Waals surface area contributed by atoms with Gasteiger partial charge in [-0.05, 0) is 132 Å². The minimum atomic E-state index is 0. The summed E-state index contributed by atoms with van der Waals surface area (Å²) in [7, 11) is 0. The molecule has 0 saturated carbocycles. The summed E-state index contributed by atoms with van der Waals surface area (Å²) in [5, 5.41) is 23.2. The normalized spacial score (nSPS) is 10.9. The number of phenols is 2. The van der Waals surface area contributed by atoms with Crippen LogP contribution in [0.5, 0.6) is 11.5 Å². The Kier molecular flexibility index (Phi) is 27.5. The first-order valence-corrected chi connectivity index (χ1v) is 27.5. The van der Waals surface area contributed by atoms with Crippen molar-refractivity contribution in [2.24, 2.45) is 11.5 Å². The molecule has 0 aliphatic rings. The van der Waals surface area contributed by atoms with E-state index < -0.39 is 0 Å². The molecule has 10 aromatic rings. The maximum atomic E-state index is 11.6. The molecule has 8 N–H and O–H groups in total. The van der Waals surface area contributed by atoms with E-state index in [0.717, 1.165) is 78.9 Å². The Labute approximate surface area is 519 Å². The Morgan fingerprint density at radius 3 is 0.565 bits per heavy atom. The van der Waals surface area contributed by atoms with Crippen molar-refractivity contribution in [2.45, 2.75) is 91.6 Å². The van der Waals surface area contributed by atoms with Crippen molar-refractivity contribution in [1.82, 2.24) is 59.5 Å². The van der Waals surface area contributed by atoms with E-state index in [4.69, 9.17) is 11.5 Å². The molecule has 0 amide bonds. The zero-order valence-electron chi connectivity index (χ0n) is 47.2. The van der Waals surface area contributed by atoms with Crippen molar-refractivity contribution in [3.8, 4) is 11.5 Å². The predicted molar refractivity (Wildman–Crippen MR) is 321 cm³/mol. The fraction of sp³-hybridized carbons (Fsp3) is 0.212. The summed E-state index contributed by atoms with van der Waals surface area (Å²) < 4.78 is 0. The summed E-state index contributed by atoms with van der Waals surface area (Å²) in [6.45, 7) is 7.73. The van der Waals surface area contributed by atoms with Crippen LogP contribution in [-0.2, 0) is 126 Å². The third-order valence-electron chi connectivity index (χ3n) is 13.6. The molecule has 0 aliphatic heterocycles. The van der Waals surface area contributed by atoms with E-state index in [-0.39, 0.29) is 51.1 Å². The zero-order valence-corrected chi connectivity index (χ0v) is 49.1. The molecule has 8 heterocycles. The molecule has 0 aliphatic carbocycles. The fourth-order valence-electron chi connectivity index (χ4n) is 9.78. The number of aromatic nitrogens is 8. The van der Waals surface area contributed by atoms with Crippen LogP contribution in [0.1, 0.15) is 78.9 Å². The molecule has 8 aromatic heterocycles. The van der Waals surface area contributed by atoms with E-state index in [0.29, 0.717) is 91.6 Å². The van der Waals surface area contributed by atoms with Gasteiger partial charge in [0.15, 0.2) is 0 Å². The average molecular weight is 1240 g/mol. The van der Waals surface area contributed by atoms with Crippen molar-refractivity contribution < 1.29 is 49.8 Å². The van der Waals surface area contributed by atoms with Gasteiger partial charge in [0, 0.05) is 163 Å². The second-order valence-electron chi connectivity index (χ2n) is 20.1. The Hall–Kier alpha value is -8.00. The Morgan fingerprint density at radius 2 is 0.435 bits per heavy atom. The van der Waals surface area contributed by atoms with Gasteiger partial charge >= 0.3 is 34.1 Å². The summed E-state index contributed by atoms with van der Waals surface area (Å²) in [6, 6.07) is 55.4. The van der Waals surface area contributed by atoms with Crippen LogP contribution in [0.2, 0.25) is 0 Å². The number of aromatic hydroxyl groups is 2. The summed E-state index contributed by atoms with van der Waals surface area (Å²) in [5.41, 5.74) is 25.2. The number of hydrogen-bond acceptors (Lipinski definition) is 16. The molecule has 0 atom stereocenters. The molecule has 85 heavy (non-hydrogen) atoms. The van der Waals surface area contributed by atoms with Crippen LogP contribution >= 0.6 is 0 Å². The van der Waals surface area contributed by atoms with Crippen molar-refractivity contribution >= 4 is 0 Å². The molecule has 0 saturated heterocycles. The van der Waals surface area contributed by atoms with E-state index in [1.807, 2.05) is 170 Å². The van der Waals surface area contributed by atoms with E-state index in [1.165, 1.54) is 0 Å². The number of phenolic OH excluding ortho intramolecular Hbond substituents is 2. The summed E-state index contributed by atoms with van der Waals surface area (Å²) in [5.74, 6) is 0.558. The number of benzene rings is 2. The third kappa shape index (κ3) is 21.2. The van der Waals surface area contributed by atoms with Crippen LogP contribution in [-0.4, -0.2) is 75.2 Å². The van der Waals surface area contributed by atoms with Crippen LogP contribution in [0.4, 0.5) is 0 Å². The van der Waals surface area contributed by atoms with Crippen LogP contribution < -0.4 is 11.5 Å². The molecule has 0 bridgehead atoms. The molecular weight excluding hydrogens is 1160 g/mol. The van der Waals surface area contributed by atoms with Gasteiger partial charge in [-0.3, -0.25) is 59.5 Å².